The van der Waals surface area contributed by atoms with Gasteiger partial charge in [-0.2, -0.15) is 0 Å². The number of nitrogens with one attached hydrogen (secondary N) is 1. The molecule has 1 aliphatic rings. The molecule has 2 unspecified atom stereocenters. The van der Waals surface area contributed by atoms with Crippen molar-refractivity contribution in [2.45, 2.75) is 53.7 Å². The molecule has 0 radical (unpaired) electrons. The molecule has 0 bridgehead atoms. The van der Waals surface area contributed by atoms with E-state index in [1.54, 1.807) is 12.1 Å². The summed E-state index contributed by atoms with van der Waals surface area (Å²) >= 11 is 1.87. The predicted octanol–water partition coefficient (Wildman–Crippen LogP) is 3.10. The van der Waals surface area contributed by atoms with Gasteiger partial charge in [-0.25, -0.2) is 8.42 Å². The van der Waals surface area contributed by atoms with E-state index in [0.29, 0.717) is 16.2 Å². The van der Waals surface area contributed by atoms with Gasteiger partial charge in [-0.3, -0.25) is 0 Å². The lowest BCUT2D eigenvalue weighted by Crippen LogP contribution is -2.40. The van der Waals surface area contributed by atoms with Crippen LogP contribution in [0.3, 0.4) is 0 Å². The number of hydrogen-bond donors (Lipinski definition) is 1. The Morgan fingerprint density at radius 1 is 1.20 bits per heavy atom. The van der Waals surface area contributed by atoms with Crippen LogP contribution in [0, 0.1) is 0 Å². The van der Waals surface area contributed by atoms with Gasteiger partial charge in [0.2, 0.25) is 0 Å². The Morgan fingerprint density at radius 2 is 1.85 bits per heavy atom. The van der Waals surface area contributed by atoms with Crippen LogP contribution in [-0.4, -0.2) is 32.5 Å². The molecule has 2 atom stereocenters. The van der Waals surface area contributed by atoms with Crippen molar-refractivity contribution in [2.75, 3.05) is 12.8 Å². The molecule has 1 saturated carbocycles. The molecule has 5 heteroatoms. The lowest BCUT2D eigenvalue weighted by Gasteiger charge is -2.31. The second-order valence-corrected chi connectivity index (χ2v) is 8.68. The highest BCUT2D eigenvalue weighted by molar-refractivity contribution is 8.00. The third-order valence-electron chi connectivity index (χ3n) is 3.71. The van der Waals surface area contributed by atoms with Gasteiger partial charge in [-0.05, 0) is 43.7 Å². The fourth-order valence-corrected chi connectivity index (χ4v) is 4.63. The van der Waals surface area contributed by atoms with E-state index < -0.39 is 9.84 Å². The van der Waals surface area contributed by atoms with Crippen molar-refractivity contribution in [2.24, 2.45) is 0 Å². The van der Waals surface area contributed by atoms with Crippen molar-refractivity contribution < 1.29 is 8.42 Å². The quantitative estimate of drug-likeness (QED) is 0.907. The van der Waals surface area contributed by atoms with Crippen LogP contribution >= 0.6 is 11.8 Å². The molecule has 20 heavy (non-hydrogen) atoms. The van der Waals surface area contributed by atoms with Crippen LogP contribution in [0.2, 0.25) is 0 Å². The summed E-state index contributed by atoms with van der Waals surface area (Å²) in [5.41, 5.74) is 0. The van der Waals surface area contributed by atoms with Gasteiger partial charge in [0.1, 0.15) is 0 Å². The SMILES string of the molecule is CCNC1CCCCC1Sc1ccc(S(C)(=O)=O)cc1. The van der Waals surface area contributed by atoms with E-state index >= 15 is 0 Å². The van der Waals surface area contributed by atoms with Gasteiger partial charge in [0.15, 0.2) is 9.84 Å². The van der Waals surface area contributed by atoms with Crippen LogP contribution < -0.4 is 5.32 Å². The van der Waals surface area contributed by atoms with Crippen LogP contribution in [0.5, 0.6) is 0 Å². The Bertz CT molecular complexity index is 523. The number of rotatable bonds is 5. The first-order valence-electron chi connectivity index (χ1n) is 7.21. The zero-order valence-corrected chi connectivity index (χ0v) is 13.8. The number of thioether (sulfide) groups is 1. The lowest BCUT2D eigenvalue weighted by molar-refractivity contribution is 0.391. The van der Waals surface area contributed by atoms with E-state index in [1.165, 1.54) is 31.9 Å². The maximum absolute atomic E-state index is 11.5. The van der Waals surface area contributed by atoms with Crippen molar-refractivity contribution in [1.29, 1.82) is 0 Å². The van der Waals surface area contributed by atoms with E-state index in [0.717, 1.165) is 11.4 Å². The average Bonchev–Trinajstić information content (AvgIpc) is 2.41. The van der Waals surface area contributed by atoms with Crippen molar-refractivity contribution in [1.82, 2.24) is 5.32 Å². The number of benzene rings is 1. The predicted molar refractivity (Wildman–Crippen MR) is 85.1 cm³/mol. The minimum Gasteiger partial charge on any atom is -0.313 e. The highest BCUT2D eigenvalue weighted by atomic mass is 32.2. The smallest absolute Gasteiger partial charge is 0.175 e. The summed E-state index contributed by atoms with van der Waals surface area (Å²) < 4.78 is 22.9. The standard InChI is InChI=1S/C15H23NO2S2/c1-3-16-14-6-4-5-7-15(14)19-12-8-10-13(11-9-12)20(2,17)18/h8-11,14-16H,3-7H2,1-2H3. The number of sulfone groups is 1. The molecule has 1 aromatic carbocycles. The maximum atomic E-state index is 11.5. The second kappa shape index (κ2) is 6.96. The van der Waals surface area contributed by atoms with Gasteiger partial charge < -0.3 is 5.32 Å². The summed E-state index contributed by atoms with van der Waals surface area (Å²) in [7, 11) is -3.09. The van der Waals surface area contributed by atoms with E-state index in [9.17, 15) is 8.42 Å². The molecule has 0 saturated heterocycles. The highest BCUT2D eigenvalue weighted by Gasteiger charge is 2.25. The van der Waals surface area contributed by atoms with Gasteiger partial charge in [0.05, 0.1) is 4.90 Å². The Balaban J connectivity index is 2.05. The Kier molecular flexibility index (Phi) is 5.52. The molecule has 112 valence electrons. The zero-order chi connectivity index (χ0) is 14.6. The maximum Gasteiger partial charge on any atom is 0.175 e. The van der Waals surface area contributed by atoms with Gasteiger partial charge in [0.25, 0.3) is 0 Å². The summed E-state index contributed by atoms with van der Waals surface area (Å²) in [5, 5.41) is 4.16. The van der Waals surface area contributed by atoms with Gasteiger partial charge >= 0.3 is 0 Å². The van der Waals surface area contributed by atoms with Crippen LogP contribution in [-0.2, 0) is 9.84 Å². The van der Waals surface area contributed by atoms with Crippen LogP contribution in [0.4, 0.5) is 0 Å². The van der Waals surface area contributed by atoms with Crippen molar-refractivity contribution in [3.05, 3.63) is 24.3 Å². The third kappa shape index (κ3) is 4.24. The molecule has 0 heterocycles. The minimum absolute atomic E-state index is 0.397. The van der Waals surface area contributed by atoms with Gasteiger partial charge in [-0.15, -0.1) is 11.8 Å². The van der Waals surface area contributed by atoms with Crippen molar-refractivity contribution >= 4 is 21.6 Å². The molecular weight excluding hydrogens is 290 g/mol. The van der Waals surface area contributed by atoms with Gasteiger partial charge in [-0.1, -0.05) is 19.8 Å². The van der Waals surface area contributed by atoms with E-state index in [2.05, 4.69) is 12.2 Å². The summed E-state index contributed by atoms with van der Waals surface area (Å²) in [6.07, 6.45) is 6.32. The second-order valence-electron chi connectivity index (χ2n) is 5.35. The Morgan fingerprint density at radius 3 is 2.45 bits per heavy atom. The van der Waals surface area contributed by atoms with Crippen LogP contribution in [0.25, 0.3) is 0 Å². The minimum atomic E-state index is -3.09. The fourth-order valence-electron chi connectivity index (χ4n) is 2.67. The number of hydrogen-bond acceptors (Lipinski definition) is 4. The zero-order valence-electron chi connectivity index (χ0n) is 12.1. The third-order valence-corrected chi connectivity index (χ3v) is 6.25. The molecule has 3 nitrogen and oxygen atoms in total. The van der Waals surface area contributed by atoms with Crippen molar-refractivity contribution in [3.63, 3.8) is 0 Å². The topological polar surface area (TPSA) is 46.2 Å². The molecule has 0 spiro atoms. The fraction of sp³-hybridized carbons (Fsp3) is 0.600. The van der Waals surface area contributed by atoms with Crippen LogP contribution in [0.1, 0.15) is 32.6 Å². The summed E-state index contributed by atoms with van der Waals surface area (Å²) in [6.45, 7) is 3.16. The molecule has 0 aromatic heterocycles. The van der Waals surface area contributed by atoms with Gasteiger partial charge in [0, 0.05) is 22.4 Å². The van der Waals surface area contributed by atoms with Crippen LogP contribution in [0.15, 0.2) is 34.1 Å². The Hall–Kier alpha value is -0.520. The summed E-state index contributed by atoms with van der Waals surface area (Å²) in [5.74, 6) is 0. The molecular formula is C15H23NO2S2. The molecule has 1 N–H and O–H groups in total. The first-order chi connectivity index (χ1) is 9.50. The first-order valence-corrected chi connectivity index (χ1v) is 9.98. The van der Waals surface area contributed by atoms with E-state index in [1.807, 2.05) is 23.9 Å². The highest BCUT2D eigenvalue weighted by Crippen LogP contribution is 2.34. The first kappa shape index (κ1) is 15.9. The van der Waals surface area contributed by atoms with Crippen molar-refractivity contribution in [3.8, 4) is 0 Å². The molecule has 1 fully saturated rings. The molecule has 1 aliphatic carbocycles. The molecule has 0 aliphatic heterocycles. The summed E-state index contributed by atoms with van der Waals surface area (Å²) in [4.78, 5) is 1.56. The molecule has 2 rings (SSSR count). The monoisotopic (exact) mass is 313 g/mol. The normalized spacial score (nSPS) is 23.7. The van der Waals surface area contributed by atoms with E-state index in [-0.39, 0.29) is 0 Å². The van der Waals surface area contributed by atoms with E-state index in [4.69, 9.17) is 0 Å². The average molecular weight is 313 g/mol. The molecule has 0 amide bonds. The largest absolute Gasteiger partial charge is 0.313 e. The Labute approximate surface area is 126 Å². The summed E-state index contributed by atoms with van der Waals surface area (Å²) in [6, 6.07) is 7.86. The lowest BCUT2D eigenvalue weighted by atomic mass is 9.95. The molecule has 1 aromatic rings.